The van der Waals surface area contributed by atoms with Crippen LogP contribution >= 0.6 is 0 Å². The highest BCUT2D eigenvalue weighted by molar-refractivity contribution is 5.34. The van der Waals surface area contributed by atoms with Crippen molar-refractivity contribution in [2.75, 3.05) is 19.3 Å². The number of nitrogen functional groups attached to an aromatic ring is 1. The number of nitrogens with two attached hydrogens (primary N) is 1. The van der Waals surface area contributed by atoms with Gasteiger partial charge in [-0.05, 0) is 25.0 Å². The molecule has 3 heteroatoms. The van der Waals surface area contributed by atoms with Gasteiger partial charge in [0.15, 0.2) is 0 Å². The second-order valence-corrected chi connectivity index (χ2v) is 4.18. The van der Waals surface area contributed by atoms with Crippen LogP contribution in [0.1, 0.15) is 30.9 Å². The van der Waals surface area contributed by atoms with E-state index in [0.717, 1.165) is 5.82 Å². The number of likely N-dealkylation sites (tertiary alicyclic amines) is 1. The lowest BCUT2D eigenvalue weighted by Crippen LogP contribution is -3.10. The monoisotopic (exact) mass is 193 g/mol. The molecule has 14 heavy (non-hydrogen) atoms. The van der Waals surface area contributed by atoms with Crippen LogP contribution in [0.2, 0.25) is 0 Å². The Morgan fingerprint density at radius 2 is 2.36 bits per heavy atom. The summed E-state index contributed by atoms with van der Waals surface area (Å²) >= 11 is 0. The van der Waals surface area contributed by atoms with E-state index in [4.69, 9.17) is 5.73 Å². The highest BCUT2D eigenvalue weighted by atomic mass is 15.1. The Morgan fingerprint density at radius 1 is 1.50 bits per heavy atom. The minimum atomic E-state index is 0.584. The van der Waals surface area contributed by atoms with Crippen molar-refractivity contribution < 1.29 is 9.88 Å². The molecule has 1 aromatic rings. The number of pyridine rings is 1. The molecular formula is C11H19N3+2. The number of H-pyrrole nitrogens is 1. The summed E-state index contributed by atoms with van der Waals surface area (Å²) in [5.74, 6) is 0.832. The first-order chi connectivity index (χ1) is 6.79. The van der Waals surface area contributed by atoms with Gasteiger partial charge >= 0.3 is 0 Å². The van der Waals surface area contributed by atoms with Gasteiger partial charge < -0.3 is 4.90 Å². The fraction of sp³-hybridized carbons (Fsp3) is 0.545. The van der Waals surface area contributed by atoms with E-state index in [1.54, 1.807) is 4.90 Å². The fourth-order valence-corrected chi connectivity index (χ4v) is 2.36. The number of hydrogen-bond donors (Lipinski definition) is 2. The van der Waals surface area contributed by atoms with Gasteiger partial charge in [-0.25, -0.2) is 4.98 Å². The van der Waals surface area contributed by atoms with E-state index in [2.05, 4.69) is 18.1 Å². The average Bonchev–Trinajstić information content (AvgIpc) is 2.20. The lowest BCUT2D eigenvalue weighted by atomic mass is 9.96. The van der Waals surface area contributed by atoms with Crippen LogP contribution in [-0.4, -0.2) is 13.6 Å². The van der Waals surface area contributed by atoms with E-state index in [1.807, 2.05) is 12.3 Å². The molecule has 1 aromatic heterocycles. The summed E-state index contributed by atoms with van der Waals surface area (Å²) in [6.07, 6.45) is 5.82. The SMILES string of the molecule is C[NH+]1CCCC[C@H]1c1ccc[nH+]c1N. The molecule has 2 atom stereocenters. The van der Waals surface area contributed by atoms with Gasteiger partial charge in [-0.2, -0.15) is 0 Å². The molecule has 2 rings (SSSR count). The smallest absolute Gasteiger partial charge is 0.279 e. The van der Waals surface area contributed by atoms with Crippen molar-refractivity contribution in [1.82, 2.24) is 0 Å². The molecule has 76 valence electrons. The van der Waals surface area contributed by atoms with Crippen LogP contribution < -0.4 is 15.6 Å². The first-order valence-electron chi connectivity index (χ1n) is 5.37. The lowest BCUT2D eigenvalue weighted by molar-refractivity contribution is -0.917. The Balaban J connectivity index is 2.25. The molecule has 1 saturated heterocycles. The maximum atomic E-state index is 5.94. The van der Waals surface area contributed by atoms with Gasteiger partial charge in [0, 0.05) is 6.42 Å². The van der Waals surface area contributed by atoms with Crippen LogP contribution in [0, 0.1) is 0 Å². The van der Waals surface area contributed by atoms with Gasteiger partial charge in [0.25, 0.3) is 5.82 Å². The van der Waals surface area contributed by atoms with Crippen LogP contribution in [0.15, 0.2) is 18.3 Å². The second kappa shape index (κ2) is 3.96. The van der Waals surface area contributed by atoms with Gasteiger partial charge in [0.05, 0.1) is 25.4 Å². The molecule has 3 nitrogen and oxygen atoms in total. The van der Waals surface area contributed by atoms with E-state index in [0.29, 0.717) is 6.04 Å². The molecule has 0 aromatic carbocycles. The molecule has 2 heterocycles. The van der Waals surface area contributed by atoms with Gasteiger partial charge in [0.2, 0.25) is 0 Å². The molecule has 0 bridgehead atoms. The Hall–Kier alpha value is -1.09. The Kier molecular flexibility index (Phi) is 2.68. The topological polar surface area (TPSA) is 44.6 Å². The number of nitrogens with one attached hydrogen (secondary N) is 2. The zero-order chi connectivity index (χ0) is 9.97. The first-order valence-corrected chi connectivity index (χ1v) is 5.37. The number of aromatic nitrogens is 1. The standard InChI is InChI=1S/C11H17N3/c1-14-8-3-2-6-10(14)9-5-4-7-13-11(9)12/h4-5,7,10H,2-3,6,8H2,1H3,(H2,12,13)/p+2/t10-/m0/s1. The van der Waals surface area contributed by atoms with Crippen molar-refractivity contribution in [3.8, 4) is 0 Å². The molecular weight excluding hydrogens is 174 g/mol. The van der Waals surface area contributed by atoms with Crippen molar-refractivity contribution in [1.29, 1.82) is 0 Å². The van der Waals surface area contributed by atoms with E-state index in [9.17, 15) is 0 Å². The lowest BCUT2D eigenvalue weighted by Gasteiger charge is -2.28. The Morgan fingerprint density at radius 3 is 3.07 bits per heavy atom. The molecule has 1 aliphatic heterocycles. The van der Waals surface area contributed by atoms with Crippen LogP contribution in [0.4, 0.5) is 5.82 Å². The zero-order valence-electron chi connectivity index (χ0n) is 8.72. The highest BCUT2D eigenvalue weighted by Crippen LogP contribution is 2.20. The molecule has 0 amide bonds. The van der Waals surface area contributed by atoms with Gasteiger partial charge in [0.1, 0.15) is 6.04 Å². The number of aromatic amines is 1. The molecule has 0 saturated carbocycles. The van der Waals surface area contributed by atoms with Crippen molar-refractivity contribution in [3.05, 3.63) is 23.9 Å². The number of quaternary nitrogens is 1. The fourth-order valence-electron chi connectivity index (χ4n) is 2.36. The molecule has 0 spiro atoms. The van der Waals surface area contributed by atoms with Crippen LogP contribution in [-0.2, 0) is 0 Å². The number of rotatable bonds is 1. The summed E-state index contributed by atoms with van der Waals surface area (Å²) < 4.78 is 0. The minimum absolute atomic E-state index is 0.584. The van der Waals surface area contributed by atoms with Gasteiger partial charge in [-0.1, -0.05) is 0 Å². The van der Waals surface area contributed by atoms with Crippen molar-refractivity contribution in [3.63, 3.8) is 0 Å². The summed E-state index contributed by atoms with van der Waals surface area (Å²) in [6.45, 7) is 1.26. The van der Waals surface area contributed by atoms with Crippen molar-refractivity contribution in [2.45, 2.75) is 25.3 Å². The second-order valence-electron chi connectivity index (χ2n) is 4.18. The number of piperidine rings is 1. The van der Waals surface area contributed by atoms with Gasteiger partial charge in [-0.15, -0.1) is 0 Å². The summed E-state index contributed by atoms with van der Waals surface area (Å²) in [6, 6.07) is 4.76. The molecule has 4 N–H and O–H groups in total. The first kappa shape index (κ1) is 9.46. The molecule has 1 aliphatic rings. The maximum absolute atomic E-state index is 5.94. The summed E-state index contributed by atoms with van der Waals surface area (Å²) in [5.41, 5.74) is 7.23. The van der Waals surface area contributed by atoms with Gasteiger partial charge in [-0.3, -0.25) is 5.73 Å². The summed E-state index contributed by atoms with van der Waals surface area (Å²) in [5, 5.41) is 0. The van der Waals surface area contributed by atoms with E-state index in [1.165, 1.54) is 31.4 Å². The van der Waals surface area contributed by atoms with Crippen molar-refractivity contribution >= 4 is 5.82 Å². The molecule has 0 aliphatic carbocycles. The van der Waals surface area contributed by atoms with E-state index >= 15 is 0 Å². The third-order valence-electron chi connectivity index (χ3n) is 3.21. The van der Waals surface area contributed by atoms with E-state index < -0.39 is 0 Å². The summed E-state index contributed by atoms with van der Waals surface area (Å²) in [4.78, 5) is 4.67. The zero-order valence-corrected chi connectivity index (χ0v) is 8.72. The Labute approximate surface area is 84.9 Å². The molecule has 1 fully saturated rings. The normalized spacial score (nSPS) is 27.5. The quantitative estimate of drug-likeness (QED) is 0.638. The number of hydrogen-bond acceptors (Lipinski definition) is 1. The largest absolute Gasteiger partial charge is 0.331 e. The highest BCUT2D eigenvalue weighted by Gasteiger charge is 2.27. The minimum Gasteiger partial charge on any atom is -0.331 e. The van der Waals surface area contributed by atoms with Crippen LogP contribution in [0.3, 0.4) is 0 Å². The molecule has 1 unspecified atom stereocenters. The average molecular weight is 193 g/mol. The predicted molar refractivity (Wildman–Crippen MR) is 55.8 cm³/mol. The Bertz CT molecular complexity index is 311. The third-order valence-corrected chi connectivity index (χ3v) is 3.21. The van der Waals surface area contributed by atoms with Crippen molar-refractivity contribution in [2.24, 2.45) is 0 Å². The third kappa shape index (κ3) is 1.73. The number of anilines is 1. The van der Waals surface area contributed by atoms with Crippen LogP contribution in [0.25, 0.3) is 0 Å². The maximum Gasteiger partial charge on any atom is 0.279 e. The summed E-state index contributed by atoms with van der Waals surface area (Å²) in [7, 11) is 2.26. The van der Waals surface area contributed by atoms with E-state index in [-0.39, 0.29) is 0 Å². The molecule has 0 radical (unpaired) electrons. The predicted octanol–water partition coefficient (Wildman–Crippen LogP) is -0.177. The van der Waals surface area contributed by atoms with Crippen LogP contribution in [0.5, 0.6) is 0 Å².